The Balaban J connectivity index is 1.95. The molecule has 24 heavy (non-hydrogen) atoms. The van der Waals surface area contributed by atoms with Gasteiger partial charge in [-0.2, -0.15) is 5.10 Å². The number of hydrazone groups is 1. The van der Waals surface area contributed by atoms with Gasteiger partial charge in [0.25, 0.3) is 0 Å². The highest BCUT2D eigenvalue weighted by Crippen LogP contribution is 2.36. The van der Waals surface area contributed by atoms with Crippen molar-refractivity contribution in [3.05, 3.63) is 58.1 Å². The Kier molecular flexibility index (Phi) is 4.57. The van der Waals surface area contributed by atoms with Crippen LogP contribution in [0.25, 0.3) is 0 Å². The van der Waals surface area contributed by atoms with Crippen molar-refractivity contribution < 1.29 is 14.6 Å². The van der Waals surface area contributed by atoms with Crippen LogP contribution in [0.3, 0.4) is 0 Å². The minimum absolute atomic E-state index is 0.0908. The number of phenolic OH excluding ortho intramolecular Hbond substituents is 1. The van der Waals surface area contributed by atoms with Gasteiger partial charge in [-0.05, 0) is 29.8 Å². The Morgan fingerprint density at radius 3 is 2.58 bits per heavy atom. The van der Waals surface area contributed by atoms with Gasteiger partial charge in [0.05, 0.1) is 18.9 Å². The van der Waals surface area contributed by atoms with E-state index in [2.05, 4.69) is 21.0 Å². The monoisotopic (exact) mass is 388 g/mol. The molecule has 3 rings (SSSR count). The van der Waals surface area contributed by atoms with E-state index in [0.717, 1.165) is 10.0 Å². The van der Waals surface area contributed by atoms with E-state index in [0.29, 0.717) is 23.4 Å². The third-order valence-corrected chi connectivity index (χ3v) is 4.53. The number of methoxy groups -OCH3 is 1. The Labute approximate surface area is 148 Å². The molecule has 0 radical (unpaired) electrons. The SMILES string of the molecule is COc1ccc(C2=NN(C(C)=O)[C@@H](c3ccc(Br)cc3)C2)c(O)c1. The number of aromatic hydroxyl groups is 1. The first-order valence-electron chi connectivity index (χ1n) is 7.49. The van der Waals surface area contributed by atoms with Crippen molar-refractivity contribution in [2.45, 2.75) is 19.4 Å². The van der Waals surface area contributed by atoms with Crippen LogP contribution >= 0.6 is 15.9 Å². The molecule has 1 aliphatic rings. The first-order valence-corrected chi connectivity index (χ1v) is 8.29. The van der Waals surface area contributed by atoms with Crippen LogP contribution in [0, 0.1) is 0 Å². The summed E-state index contributed by atoms with van der Waals surface area (Å²) in [7, 11) is 1.54. The Morgan fingerprint density at radius 2 is 2.00 bits per heavy atom. The molecular weight excluding hydrogens is 372 g/mol. The van der Waals surface area contributed by atoms with Crippen molar-refractivity contribution in [2.24, 2.45) is 5.10 Å². The predicted octanol–water partition coefficient (Wildman–Crippen LogP) is 3.86. The molecular formula is C18H17BrN2O3. The summed E-state index contributed by atoms with van der Waals surface area (Å²) in [6.07, 6.45) is 0.543. The first-order chi connectivity index (χ1) is 11.5. The second-order valence-corrected chi connectivity index (χ2v) is 6.48. The number of nitrogens with zero attached hydrogens (tertiary/aromatic N) is 2. The van der Waals surface area contributed by atoms with Crippen LogP contribution < -0.4 is 4.74 Å². The molecule has 1 N–H and O–H groups in total. The topological polar surface area (TPSA) is 62.1 Å². The largest absolute Gasteiger partial charge is 0.507 e. The minimum Gasteiger partial charge on any atom is -0.507 e. The number of benzene rings is 2. The third kappa shape index (κ3) is 3.14. The summed E-state index contributed by atoms with van der Waals surface area (Å²) in [5, 5.41) is 16.1. The van der Waals surface area contributed by atoms with Gasteiger partial charge in [0.15, 0.2) is 0 Å². The van der Waals surface area contributed by atoms with E-state index in [1.807, 2.05) is 24.3 Å². The Hall–Kier alpha value is -2.34. The van der Waals surface area contributed by atoms with E-state index >= 15 is 0 Å². The van der Waals surface area contributed by atoms with Crippen molar-refractivity contribution in [2.75, 3.05) is 7.11 Å². The fourth-order valence-corrected chi connectivity index (χ4v) is 3.05. The van der Waals surface area contributed by atoms with E-state index in [1.165, 1.54) is 11.9 Å². The summed E-state index contributed by atoms with van der Waals surface area (Å²) in [6.45, 7) is 1.49. The van der Waals surface area contributed by atoms with E-state index in [4.69, 9.17) is 4.74 Å². The van der Waals surface area contributed by atoms with Gasteiger partial charge in [0.2, 0.25) is 5.91 Å². The van der Waals surface area contributed by atoms with Gasteiger partial charge in [0.1, 0.15) is 11.5 Å². The van der Waals surface area contributed by atoms with Crippen molar-refractivity contribution in [1.29, 1.82) is 0 Å². The van der Waals surface area contributed by atoms with Crippen molar-refractivity contribution in [3.63, 3.8) is 0 Å². The van der Waals surface area contributed by atoms with Crippen LogP contribution in [0.2, 0.25) is 0 Å². The fourth-order valence-electron chi connectivity index (χ4n) is 2.79. The molecule has 1 amide bonds. The number of rotatable bonds is 3. The predicted molar refractivity (Wildman–Crippen MR) is 95.2 cm³/mol. The molecule has 6 heteroatoms. The molecule has 0 bridgehead atoms. The maximum atomic E-state index is 12.0. The van der Waals surface area contributed by atoms with Crippen LogP contribution in [0.15, 0.2) is 52.0 Å². The number of ether oxygens (including phenoxy) is 1. The van der Waals surface area contributed by atoms with E-state index in [-0.39, 0.29) is 17.7 Å². The summed E-state index contributed by atoms with van der Waals surface area (Å²) >= 11 is 3.42. The van der Waals surface area contributed by atoms with Gasteiger partial charge in [-0.1, -0.05) is 28.1 Å². The van der Waals surface area contributed by atoms with Crippen molar-refractivity contribution >= 4 is 27.5 Å². The van der Waals surface area contributed by atoms with Gasteiger partial charge in [-0.3, -0.25) is 4.79 Å². The zero-order chi connectivity index (χ0) is 17.3. The van der Waals surface area contributed by atoms with Gasteiger partial charge in [-0.15, -0.1) is 0 Å². The normalized spacial score (nSPS) is 16.9. The van der Waals surface area contributed by atoms with Gasteiger partial charge < -0.3 is 9.84 Å². The lowest BCUT2D eigenvalue weighted by atomic mass is 9.98. The summed E-state index contributed by atoms with van der Waals surface area (Å²) in [4.78, 5) is 12.0. The molecule has 1 aliphatic heterocycles. The second-order valence-electron chi connectivity index (χ2n) is 5.56. The highest BCUT2D eigenvalue weighted by molar-refractivity contribution is 9.10. The number of carbonyl (C=O) groups is 1. The number of hydrogen-bond donors (Lipinski definition) is 1. The zero-order valence-electron chi connectivity index (χ0n) is 13.4. The zero-order valence-corrected chi connectivity index (χ0v) is 14.9. The highest BCUT2D eigenvalue weighted by atomic mass is 79.9. The molecule has 1 atom stereocenters. The van der Waals surface area contributed by atoms with E-state index in [1.54, 1.807) is 25.3 Å². The van der Waals surface area contributed by atoms with Crippen LogP contribution in [-0.2, 0) is 4.79 Å². The van der Waals surface area contributed by atoms with Gasteiger partial charge >= 0.3 is 0 Å². The lowest BCUT2D eigenvalue weighted by Crippen LogP contribution is -2.24. The molecule has 1 heterocycles. The number of hydrogen-bond acceptors (Lipinski definition) is 4. The molecule has 0 aromatic heterocycles. The first kappa shape index (κ1) is 16.5. The molecule has 5 nitrogen and oxygen atoms in total. The van der Waals surface area contributed by atoms with Crippen molar-refractivity contribution in [1.82, 2.24) is 5.01 Å². The minimum atomic E-state index is -0.174. The summed E-state index contributed by atoms with van der Waals surface area (Å²) < 4.78 is 6.08. The number of halogens is 1. The molecule has 0 spiro atoms. The number of carbonyl (C=O) groups excluding carboxylic acids is 1. The molecule has 0 unspecified atom stereocenters. The average Bonchev–Trinajstić information content (AvgIpc) is 3.00. The highest BCUT2D eigenvalue weighted by Gasteiger charge is 2.32. The molecule has 0 aliphatic carbocycles. The molecule has 0 saturated carbocycles. The average molecular weight is 389 g/mol. The van der Waals surface area contributed by atoms with Gasteiger partial charge in [0, 0.05) is 29.4 Å². The molecule has 2 aromatic rings. The van der Waals surface area contributed by atoms with Crippen LogP contribution in [-0.4, -0.2) is 28.8 Å². The van der Waals surface area contributed by atoms with E-state index in [9.17, 15) is 9.90 Å². The summed E-state index contributed by atoms with van der Waals surface area (Å²) in [5.41, 5.74) is 2.29. The molecule has 0 saturated heterocycles. The summed E-state index contributed by atoms with van der Waals surface area (Å²) in [6, 6.07) is 12.7. The molecule has 0 fully saturated rings. The second kappa shape index (κ2) is 6.65. The maximum Gasteiger partial charge on any atom is 0.240 e. The lowest BCUT2D eigenvalue weighted by molar-refractivity contribution is -0.130. The van der Waals surface area contributed by atoms with Crippen molar-refractivity contribution in [3.8, 4) is 11.5 Å². The van der Waals surface area contributed by atoms with Crippen LogP contribution in [0.4, 0.5) is 0 Å². The van der Waals surface area contributed by atoms with Crippen LogP contribution in [0.1, 0.15) is 30.5 Å². The smallest absolute Gasteiger partial charge is 0.240 e. The lowest BCUT2D eigenvalue weighted by Gasteiger charge is -2.20. The summed E-state index contributed by atoms with van der Waals surface area (Å²) in [5.74, 6) is 0.529. The van der Waals surface area contributed by atoms with Gasteiger partial charge in [-0.25, -0.2) is 5.01 Å². The fraction of sp³-hybridized carbons (Fsp3) is 0.222. The molecule has 124 valence electrons. The van der Waals surface area contributed by atoms with E-state index < -0.39 is 0 Å². The Morgan fingerprint density at radius 1 is 1.29 bits per heavy atom. The Bertz CT molecular complexity index is 802. The number of phenols is 1. The third-order valence-electron chi connectivity index (χ3n) is 4.00. The van der Waals surface area contributed by atoms with Crippen LogP contribution in [0.5, 0.6) is 11.5 Å². The maximum absolute atomic E-state index is 12.0. The number of amides is 1. The quantitative estimate of drug-likeness (QED) is 0.867. The standard InChI is InChI=1S/C18H17BrN2O3/c1-11(22)21-17(12-3-5-13(19)6-4-12)10-16(20-21)15-8-7-14(24-2)9-18(15)23/h3-9,17,23H,10H2,1-2H3/t17-/m1/s1. The molecule has 2 aromatic carbocycles.